The summed E-state index contributed by atoms with van der Waals surface area (Å²) < 4.78 is 39.8. The van der Waals surface area contributed by atoms with Crippen molar-refractivity contribution in [2.24, 2.45) is 0 Å². The lowest BCUT2D eigenvalue weighted by Crippen LogP contribution is -2.32. The normalized spacial score (nSPS) is 12.4. The van der Waals surface area contributed by atoms with E-state index >= 15 is 0 Å². The van der Waals surface area contributed by atoms with E-state index in [4.69, 9.17) is 0 Å². The first kappa shape index (κ1) is 20.7. The van der Waals surface area contributed by atoms with E-state index in [-0.39, 0.29) is 17.0 Å². The Bertz CT molecular complexity index is 1110. The third kappa shape index (κ3) is 4.68. The molecule has 0 radical (unpaired) electrons. The van der Waals surface area contributed by atoms with Gasteiger partial charge in [0.1, 0.15) is 11.1 Å². The second-order valence-corrected chi connectivity index (χ2v) is 8.91. The van der Waals surface area contributed by atoms with Crippen LogP contribution in [-0.4, -0.2) is 25.9 Å². The second kappa shape index (κ2) is 8.53. The lowest BCUT2D eigenvalue weighted by molar-refractivity contribution is 0.0953. The number of nitrogens with one attached hydrogen (secondary N) is 1. The van der Waals surface area contributed by atoms with Crippen molar-refractivity contribution in [3.63, 3.8) is 0 Å². The Balaban J connectivity index is 1.91. The summed E-state index contributed by atoms with van der Waals surface area (Å²) in [5, 5.41) is 1.64. The topological polar surface area (TPSA) is 76.1 Å². The summed E-state index contributed by atoms with van der Waals surface area (Å²) in [5.41, 5.74) is 2.59. The van der Waals surface area contributed by atoms with Gasteiger partial charge in [-0.1, -0.05) is 12.1 Å². The summed E-state index contributed by atoms with van der Waals surface area (Å²) in [6.07, 6.45) is 3.04. The molecule has 0 aliphatic rings. The summed E-state index contributed by atoms with van der Waals surface area (Å²) >= 11 is 0. The fourth-order valence-corrected chi connectivity index (χ4v) is 4.64. The van der Waals surface area contributed by atoms with Gasteiger partial charge in [0.15, 0.2) is 9.84 Å². The predicted molar refractivity (Wildman–Crippen MR) is 109 cm³/mol. The van der Waals surface area contributed by atoms with E-state index in [0.717, 1.165) is 11.1 Å². The van der Waals surface area contributed by atoms with Crippen molar-refractivity contribution in [1.82, 2.24) is 10.3 Å². The van der Waals surface area contributed by atoms with E-state index in [1.165, 1.54) is 30.5 Å². The number of benzene rings is 2. The molecule has 0 fully saturated rings. The van der Waals surface area contributed by atoms with Gasteiger partial charge < -0.3 is 5.32 Å². The molecule has 1 heterocycles. The molecule has 0 unspecified atom stereocenters. The van der Waals surface area contributed by atoms with Gasteiger partial charge in [0.05, 0.1) is 4.90 Å². The first-order chi connectivity index (χ1) is 13.8. The van der Waals surface area contributed by atoms with Crippen LogP contribution in [0.4, 0.5) is 4.39 Å². The van der Waals surface area contributed by atoms with Crippen LogP contribution in [0.3, 0.4) is 0 Å². The van der Waals surface area contributed by atoms with Gasteiger partial charge in [0.2, 0.25) is 0 Å². The van der Waals surface area contributed by atoms with Gasteiger partial charge in [-0.15, -0.1) is 0 Å². The highest BCUT2D eigenvalue weighted by Crippen LogP contribution is 2.29. The number of carbonyl (C=O) groups excluding carboxylic acids is 1. The highest BCUT2D eigenvalue weighted by atomic mass is 32.2. The van der Waals surface area contributed by atoms with E-state index in [9.17, 15) is 17.6 Å². The third-order valence-corrected chi connectivity index (χ3v) is 6.89. The van der Waals surface area contributed by atoms with Crippen LogP contribution in [0.25, 0.3) is 0 Å². The average Bonchev–Trinajstić information content (AvgIpc) is 2.71. The van der Waals surface area contributed by atoms with Crippen LogP contribution in [0.5, 0.6) is 0 Å². The Labute approximate surface area is 169 Å². The van der Waals surface area contributed by atoms with E-state index < -0.39 is 26.8 Å². The standard InChI is InChI=1S/C22H21FN2O3S/c1-15-5-10-20(12-16(15)2)29(27,28)21(18-4-3-11-24-13-18)14-25-22(26)17-6-8-19(23)9-7-17/h3-13,21H,14H2,1-2H3,(H,25,26)/t21-/m1/s1. The molecule has 0 saturated heterocycles. The van der Waals surface area contributed by atoms with Crippen LogP contribution >= 0.6 is 0 Å². The fraction of sp³-hybridized carbons (Fsp3) is 0.182. The number of aromatic nitrogens is 1. The number of pyridine rings is 1. The van der Waals surface area contributed by atoms with Crippen molar-refractivity contribution in [1.29, 1.82) is 0 Å². The number of sulfone groups is 1. The molecule has 1 amide bonds. The Kier molecular flexibility index (Phi) is 6.08. The van der Waals surface area contributed by atoms with Crippen molar-refractivity contribution >= 4 is 15.7 Å². The smallest absolute Gasteiger partial charge is 0.251 e. The number of nitrogens with zero attached hydrogens (tertiary/aromatic N) is 1. The van der Waals surface area contributed by atoms with Gasteiger partial charge in [-0.25, -0.2) is 12.8 Å². The van der Waals surface area contributed by atoms with Crippen LogP contribution in [-0.2, 0) is 9.84 Å². The van der Waals surface area contributed by atoms with E-state index in [0.29, 0.717) is 5.56 Å². The number of amides is 1. The maximum absolute atomic E-state index is 13.4. The van der Waals surface area contributed by atoms with Gasteiger partial charge in [-0.3, -0.25) is 9.78 Å². The number of aryl methyl sites for hydroxylation is 2. The number of rotatable bonds is 6. The molecule has 1 aromatic heterocycles. The summed E-state index contributed by atoms with van der Waals surface area (Å²) in [4.78, 5) is 16.6. The molecule has 0 aliphatic heterocycles. The highest BCUT2D eigenvalue weighted by Gasteiger charge is 2.30. The number of halogens is 1. The molecule has 0 spiro atoms. The van der Waals surface area contributed by atoms with E-state index in [1.807, 2.05) is 13.8 Å². The van der Waals surface area contributed by atoms with Crippen molar-refractivity contribution in [2.45, 2.75) is 24.0 Å². The number of hydrogen-bond donors (Lipinski definition) is 1. The maximum Gasteiger partial charge on any atom is 0.251 e. The lowest BCUT2D eigenvalue weighted by atomic mass is 10.1. The van der Waals surface area contributed by atoms with Crippen LogP contribution < -0.4 is 5.32 Å². The molecule has 3 aromatic rings. The van der Waals surface area contributed by atoms with Gasteiger partial charge >= 0.3 is 0 Å². The molecule has 1 atom stereocenters. The van der Waals surface area contributed by atoms with Gasteiger partial charge in [-0.05, 0) is 73.0 Å². The Morgan fingerprint density at radius 1 is 1.07 bits per heavy atom. The maximum atomic E-state index is 13.4. The zero-order chi connectivity index (χ0) is 21.0. The molecule has 3 rings (SSSR count). The predicted octanol–water partition coefficient (Wildman–Crippen LogP) is 3.78. The minimum absolute atomic E-state index is 0.142. The summed E-state index contributed by atoms with van der Waals surface area (Å²) in [6.45, 7) is 3.62. The van der Waals surface area contributed by atoms with Crippen LogP contribution in [0.15, 0.2) is 71.9 Å². The van der Waals surface area contributed by atoms with Crippen molar-refractivity contribution in [3.8, 4) is 0 Å². The first-order valence-corrected chi connectivity index (χ1v) is 10.6. The summed E-state index contributed by atoms with van der Waals surface area (Å²) in [7, 11) is -3.79. The molecule has 150 valence electrons. The Morgan fingerprint density at radius 2 is 1.79 bits per heavy atom. The fourth-order valence-electron chi connectivity index (χ4n) is 2.92. The average molecular weight is 412 g/mol. The minimum Gasteiger partial charge on any atom is -0.350 e. The zero-order valence-electron chi connectivity index (χ0n) is 16.1. The molecule has 7 heteroatoms. The zero-order valence-corrected chi connectivity index (χ0v) is 16.9. The highest BCUT2D eigenvalue weighted by molar-refractivity contribution is 7.91. The minimum atomic E-state index is -3.79. The van der Waals surface area contributed by atoms with E-state index in [1.54, 1.807) is 36.5 Å². The monoisotopic (exact) mass is 412 g/mol. The molecule has 1 N–H and O–H groups in total. The molecule has 0 aliphatic carbocycles. The molecule has 0 saturated carbocycles. The Morgan fingerprint density at radius 3 is 2.41 bits per heavy atom. The molecular weight excluding hydrogens is 391 g/mol. The van der Waals surface area contributed by atoms with Crippen LogP contribution in [0.2, 0.25) is 0 Å². The SMILES string of the molecule is Cc1ccc(S(=O)(=O)[C@H](CNC(=O)c2ccc(F)cc2)c2cccnc2)cc1C. The summed E-state index contributed by atoms with van der Waals surface area (Å²) in [6, 6.07) is 13.3. The molecular formula is C22H21FN2O3S. The van der Waals surface area contributed by atoms with Crippen molar-refractivity contribution in [3.05, 3.63) is 95.1 Å². The lowest BCUT2D eigenvalue weighted by Gasteiger charge is -2.19. The second-order valence-electron chi connectivity index (χ2n) is 6.78. The van der Waals surface area contributed by atoms with Crippen molar-refractivity contribution in [2.75, 3.05) is 6.54 Å². The molecule has 29 heavy (non-hydrogen) atoms. The first-order valence-electron chi connectivity index (χ1n) is 9.04. The molecule has 5 nitrogen and oxygen atoms in total. The van der Waals surface area contributed by atoms with Crippen LogP contribution in [0.1, 0.15) is 32.3 Å². The quantitative estimate of drug-likeness (QED) is 0.668. The van der Waals surface area contributed by atoms with Gasteiger partial charge in [-0.2, -0.15) is 0 Å². The Hall–Kier alpha value is -3.06. The molecule has 2 aromatic carbocycles. The summed E-state index contributed by atoms with van der Waals surface area (Å²) in [5.74, 6) is -0.929. The number of carbonyl (C=O) groups is 1. The molecule has 0 bridgehead atoms. The largest absolute Gasteiger partial charge is 0.350 e. The van der Waals surface area contributed by atoms with Gasteiger partial charge in [0.25, 0.3) is 5.91 Å². The third-order valence-electron chi connectivity index (χ3n) is 4.79. The number of hydrogen-bond acceptors (Lipinski definition) is 4. The van der Waals surface area contributed by atoms with Crippen molar-refractivity contribution < 1.29 is 17.6 Å². The van der Waals surface area contributed by atoms with E-state index in [2.05, 4.69) is 10.3 Å². The van der Waals surface area contributed by atoms with Gasteiger partial charge in [0, 0.05) is 24.5 Å². The van der Waals surface area contributed by atoms with Crippen LogP contribution in [0, 0.1) is 19.7 Å².